The molecule has 1 aliphatic heterocycles. The van der Waals surface area contributed by atoms with Crippen LogP contribution in [0.25, 0.3) is 6.08 Å². The molecule has 2 heterocycles. The van der Waals surface area contributed by atoms with Gasteiger partial charge < -0.3 is 4.42 Å². The van der Waals surface area contributed by atoms with Crippen LogP contribution in [0.3, 0.4) is 0 Å². The summed E-state index contributed by atoms with van der Waals surface area (Å²) in [5.74, 6) is 0.827. The van der Waals surface area contributed by atoms with Gasteiger partial charge in [-0.25, -0.2) is 0 Å². The fraction of sp³-hybridized carbons (Fsp3) is 0.250. The Morgan fingerprint density at radius 2 is 2.35 bits per heavy atom. The van der Waals surface area contributed by atoms with Gasteiger partial charge >= 0.3 is 0 Å². The van der Waals surface area contributed by atoms with Crippen molar-refractivity contribution in [3.8, 4) is 0 Å². The van der Waals surface area contributed by atoms with Crippen molar-refractivity contribution in [3.63, 3.8) is 0 Å². The average Bonchev–Trinajstić information content (AvgIpc) is 2.85. The Kier molecular flexibility index (Phi) is 5.30. The monoisotopic (exact) mass is 332 g/mol. The lowest BCUT2D eigenvalue weighted by molar-refractivity contribution is 0.531. The van der Waals surface area contributed by atoms with Crippen molar-refractivity contribution < 1.29 is 4.42 Å². The van der Waals surface area contributed by atoms with Gasteiger partial charge in [-0.2, -0.15) is 0 Å². The van der Waals surface area contributed by atoms with E-state index in [9.17, 15) is 0 Å². The van der Waals surface area contributed by atoms with E-state index < -0.39 is 0 Å². The minimum atomic E-state index is 0.732. The molecule has 0 atom stereocenters. The van der Waals surface area contributed by atoms with Crippen molar-refractivity contribution in [2.75, 3.05) is 6.54 Å². The topological polar surface area (TPSA) is 37.9 Å². The molecule has 1 aromatic rings. The molecule has 2 rings (SSSR count). The first kappa shape index (κ1) is 14.7. The highest BCUT2D eigenvalue weighted by atomic mass is 79.9. The number of allylic oxidation sites excluding steroid dienone is 4. The second-order valence-corrected chi connectivity index (χ2v) is 5.19. The molecule has 0 aliphatic carbocycles. The molecule has 0 radical (unpaired) electrons. The van der Waals surface area contributed by atoms with Crippen LogP contribution in [0.4, 0.5) is 0 Å². The molecule has 0 saturated carbocycles. The van der Waals surface area contributed by atoms with E-state index in [1.54, 1.807) is 6.20 Å². The fourth-order valence-corrected chi connectivity index (χ4v) is 2.46. The maximum Gasteiger partial charge on any atom is 0.169 e. The molecule has 20 heavy (non-hydrogen) atoms. The Morgan fingerprint density at radius 1 is 1.50 bits per heavy atom. The summed E-state index contributed by atoms with van der Waals surface area (Å²) in [5.41, 5.74) is 3.14. The highest BCUT2D eigenvalue weighted by molar-refractivity contribution is 9.10. The van der Waals surface area contributed by atoms with Gasteiger partial charge in [-0.15, -0.1) is 0 Å². The molecule has 0 N–H and O–H groups in total. The summed E-state index contributed by atoms with van der Waals surface area (Å²) >= 11 is 3.32. The highest BCUT2D eigenvalue weighted by Crippen LogP contribution is 2.24. The largest absolute Gasteiger partial charge is 0.450 e. The maximum absolute atomic E-state index is 5.55. The second kappa shape index (κ2) is 7.20. The number of nitrogens with zero attached hydrogens (tertiary/aromatic N) is 2. The minimum Gasteiger partial charge on any atom is -0.450 e. The number of hydrogen-bond acceptors (Lipinski definition) is 3. The molecule has 0 fully saturated rings. The number of aliphatic imine (C=N–C) groups is 2. The van der Waals surface area contributed by atoms with Crippen LogP contribution in [0.1, 0.15) is 25.5 Å². The third-order valence-corrected chi connectivity index (χ3v) is 3.37. The summed E-state index contributed by atoms with van der Waals surface area (Å²) in [6, 6.07) is 3.83. The van der Waals surface area contributed by atoms with Gasteiger partial charge in [0, 0.05) is 18.3 Å². The minimum absolute atomic E-state index is 0.732. The molecular weight excluding hydrogens is 316 g/mol. The van der Waals surface area contributed by atoms with Gasteiger partial charge in [-0.1, -0.05) is 12.2 Å². The van der Waals surface area contributed by atoms with Crippen LogP contribution in [0, 0.1) is 0 Å². The van der Waals surface area contributed by atoms with Crippen molar-refractivity contribution in [3.05, 3.63) is 52.1 Å². The standard InChI is InChI=1S/C16H17BrN2O/c1-3-5-13(11-18-2)16-12(6-4-9-19-16)10-14-7-8-15(17)20-14/h3,5,7-8,10-11H,2,4,6,9H2,1H3/b5-3-,12-10+,13-11+. The maximum atomic E-state index is 5.55. The zero-order valence-electron chi connectivity index (χ0n) is 11.5. The number of furan rings is 1. The van der Waals surface area contributed by atoms with Crippen molar-refractivity contribution in [2.45, 2.75) is 19.8 Å². The fourth-order valence-electron chi connectivity index (χ4n) is 2.14. The zero-order valence-corrected chi connectivity index (χ0v) is 13.1. The molecule has 0 spiro atoms. The molecule has 0 unspecified atom stereocenters. The Bertz CT molecular complexity index is 606. The van der Waals surface area contributed by atoms with E-state index in [1.807, 2.05) is 37.3 Å². The van der Waals surface area contributed by atoms with E-state index in [0.717, 1.165) is 41.1 Å². The first-order valence-corrected chi connectivity index (χ1v) is 7.33. The summed E-state index contributed by atoms with van der Waals surface area (Å²) in [4.78, 5) is 8.51. The van der Waals surface area contributed by atoms with Crippen LogP contribution in [-0.2, 0) is 0 Å². The first-order valence-electron chi connectivity index (χ1n) is 6.54. The summed E-state index contributed by atoms with van der Waals surface area (Å²) in [7, 11) is 0. The Balaban J connectivity index is 2.38. The number of rotatable bonds is 4. The number of hydrogen-bond donors (Lipinski definition) is 0. The van der Waals surface area contributed by atoms with Gasteiger partial charge in [-0.05, 0) is 66.2 Å². The van der Waals surface area contributed by atoms with E-state index >= 15 is 0 Å². The Labute approximate surface area is 127 Å². The van der Waals surface area contributed by atoms with Crippen LogP contribution in [0.5, 0.6) is 0 Å². The van der Waals surface area contributed by atoms with Crippen molar-refractivity contribution >= 4 is 34.4 Å². The van der Waals surface area contributed by atoms with Crippen LogP contribution in [-0.4, -0.2) is 19.0 Å². The van der Waals surface area contributed by atoms with E-state index in [2.05, 4.69) is 32.6 Å². The van der Waals surface area contributed by atoms with Crippen molar-refractivity contribution in [1.29, 1.82) is 0 Å². The second-order valence-electron chi connectivity index (χ2n) is 4.41. The van der Waals surface area contributed by atoms with Crippen molar-refractivity contribution in [2.24, 2.45) is 9.98 Å². The third kappa shape index (κ3) is 3.67. The molecule has 1 aliphatic rings. The predicted octanol–water partition coefficient (Wildman–Crippen LogP) is 4.82. The third-order valence-electron chi connectivity index (χ3n) is 2.94. The SMILES string of the molecule is C=N/C=C(\C=C/C)C1=NCCC/C1=C\c1ccc(Br)o1. The molecule has 0 aromatic carbocycles. The smallest absolute Gasteiger partial charge is 0.169 e. The molecule has 0 bridgehead atoms. The van der Waals surface area contributed by atoms with Crippen molar-refractivity contribution in [1.82, 2.24) is 0 Å². The van der Waals surface area contributed by atoms with E-state index in [4.69, 9.17) is 4.42 Å². The van der Waals surface area contributed by atoms with Gasteiger partial charge in [0.05, 0.1) is 5.71 Å². The molecule has 104 valence electrons. The van der Waals surface area contributed by atoms with Gasteiger partial charge in [0.1, 0.15) is 5.76 Å². The number of halogens is 1. The lowest BCUT2D eigenvalue weighted by atomic mass is 9.95. The van der Waals surface area contributed by atoms with E-state index in [0.29, 0.717) is 0 Å². The van der Waals surface area contributed by atoms with Gasteiger partial charge in [0.15, 0.2) is 4.67 Å². The highest BCUT2D eigenvalue weighted by Gasteiger charge is 2.15. The van der Waals surface area contributed by atoms with Crippen LogP contribution >= 0.6 is 15.9 Å². The van der Waals surface area contributed by atoms with E-state index in [1.165, 1.54) is 5.57 Å². The van der Waals surface area contributed by atoms with Gasteiger partial charge in [0.25, 0.3) is 0 Å². The van der Waals surface area contributed by atoms with Crippen LogP contribution < -0.4 is 0 Å². The van der Waals surface area contributed by atoms with Gasteiger partial charge in [-0.3, -0.25) is 9.98 Å². The van der Waals surface area contributed by atoms with Gasteiger partial charge in [0.2, 0.25) is 0 Å². The molecule has 0 amide bonds. The first-order chi connectivity index (χ1) is 9.74. The zero-order chi connectivity index (χ0) is 14.4. The normalized spacial score (nSPS) is 18.6. The average molecular weight is 333 g/mol. The van der Waals surface area contributed by atoms with E-state index in [-0.39, 0.29) is 0 Å². The summed E-state index contributed by atoms with van der Waals surface area (Å²) in [6.45, 7) is 6.36. The quantitative estimate of drug-likeness (QED) is 0.575. The molecule has 0 saturated heterocycles. The summed E-state index contributed by atoms with van der Waals surface area (Å²) < 4.78 is 6.28. The molecule has 1 aromatic heterocycles. The molecule has 3 nitrogen and oxygen atoms in total. The molecular formula is C16H17BrN2O. The van der Waals surface area contributed by atoms with Crippen LogP contribution in [0.2, 0.25) is 0 Å². The molecule has 4 heteroatoms. The predicted molar refractivity (Wildman–Crippen MR) is 88.4 cm³/mol. The Hall–Kier alpha value is -1.68. The Morgan fingerprint density at radius 3 is 3.00 bits per heavy atom. The summed E-state index contributed by atoms with van der Waals surface area (Å²) in [5, 5.41) is 0. The lowest BCUT2D eigenvalue weighted by Crippen LogP contribution is -2.12. The summed E-state index contributed by atoms with van der Waals surface area (Å²) in [6.07, 6.45) is 9.82. The van der Waals surface area contributed by atoms with Crippen LogP contribution in [0.15, 0.2) is 60.7 Å². The lowest BCUT2D eigenvalue weighted by Gasteiger charge is -2.16.